The zero-order chi connectivity index (χ0) is 15.6. The summed E-state index contributed by atoms with van der Waals surface area (Å²) in [6.07, 6.45) is 4.87. The molecular weight excluding hydrogens is 228 g/mol. The molecule has 0 fully saturated rings. The number of hydrogen-bond donors (Lipinski definition) is 0. The quantitative estimate of drug-likeness (QED) is 0.491. The molecule has 0 amide bonds. The van der Waals surface area contributed by atoms with E-state index >= 15 is 0 Å². The standard InChI is InChI=1S/C19H36/c1-14(17(3,4)5)12-16(19(9,10)11)13-15(2)18(6,7)8/h12-14H,1-11H3. The molecule has 1 unspecified atom stereocenters. The minimum absolute atomic E-state index is 0.200. The lowest BCUT2D eigenvalue weighted by molar-refractivity contribution is 0.310. The van der Waals surface area contributed by atoms with Crippen LogP contribution in [0.5, 0.6) is 0 Å². The molecule has 0 heteroatoms. The fraction of sp³-hybridized carbons (Fsp3) is 0.789. The molecule has 19 heavy (non-hydrogen) atoms. The smallest absolute Gasteiger partial charge is 0.0135 e. The Morgan fingerprint density at radius 3 is 1.47 bits per heavy atom. The molecule has 0 saturated heterocycles. The Labute approximate surface area is 122 Å². The first-order chi connectivity index (χ1) is 8.15. The molecule has 0 N–H and O–H groups in total. The minimum atomic E-state index is 0.200. The van der Waals surface area contributed by atoms with Crippen molar-refractivity contribution in [3.63, 3.8) is 0 Å². The molecule has 0 aromatic heterocycles. The van der Waals surface area contributed by atoms with Crippen LogP contribution >= 0.6 is 0 Å². The van der Waals surface area contributed by atoms with Gasteiger partial charge >= 0.3 is 0 Å². The Morgan fingerprint density at radius 2 is 1.21 bits per heavy atom. The molecule has 0 aromatic rings. The first-order valence-electron chi connectivity index (χ1n) is 7.57. The average Bonchev–Trinajstić information content (AvgIpc) is 2.11. The van der Waals surface area contributed by atoms with Crippen molar-refractivity contribution in [1.29, 1.82) is 0 Å². The van der Waals surface area contributed by atoms with Gasteiger partial charge in [0, 0.05) is 0 Å². The van der Waals surface area contributed by atoms with Crippen LogP contribution in [0.1, 0.15) is 76.2 Å². The van der Waals surface area contributed by atoms with Crippen LogP contribution in [0.15, 0.2) is 23.3 Å². The monoisotopic (exact) mass is 264 g/mol. The van der Waals surface area contributed by atoms with Gasteiger partial charge < -0.3 is 0 Å². The van der Waals surface area contributed by atoms with Gasteiger partial charge in [0.1, 0.15) is 0 Å². The first kappa shape index (κ1) is 18.5. The lowest BCUT2D eigenvalue weighted by atomic mass is 9.75. The topological polar surface area (TPSA) is 0 Å². The summed E-state index contributed by atoms with van der Waals surface area (Å²) in [5, 5.41) is 0. The van der Waals surface area contributed by atoms with Crippen molar-refractivity contribution in [3.8, 4) is 0 Å². The summed E-state index contributed by atoms with van der Waals surface area (Å²) < 4.78 is 0. The van der Waals surface area contributed by atoms with Crippen LogP contribution in [-0.4, -0.2) is 0 Å². The summed E-state index contributed by atoms with van der Waals surface area (Å²) >= 11 is 0. The highest BCUT2D eigenvalue weighted by molar-refractivity contribution is 5.30. The molecule has 0 aromatic carbocycles. The van der Waals surface area contributed by atoms with Crippen LogP contribution in [0, 0.1) is 22.2 Å². The van der Waals surface area contributed by atoms with Crippen LogP contribution in [0.4, 0.5) is 0 Å². The van der Waals surface area contributed by atoms with Crippen molar-refractivity contribution in [2.24, 2.45) is 22.2 Å². The molecule has 0 heterocycles. The van der Waals surface area contributed by atoms with Crippen molar-refractivity contribution in [1.82, 2.24) is 0 Å². The van der Waals surface area contributed by atoms with Crippen LogP contribution in [-0.2, 0) is 0 Å². The van der Waals surface area contributed by atoms with E-state index in [4.69, 9.17) is 0 Å². The normalized spacial score (nSPS) is 17.6. The fourth-order valence-electron chi connectivity index (χ4n) is 1.48. The zero-order valence-corrected chi connectivity index (χ0v) is 15.2. The Bertz CT molecular complexity index is 345. The molecule has 0 aliphatic heterocycles. The van der Waals surface area contributed by atoms with E-state index in [-0.39, 0.29) is 10.8 Å². The highest BCUT2D eigenvalue weighted by Crippen LogP contribution is 2.35. The molecule has 0 nitrogen and oxygen atoms in total. The fourth-order valence-corrected chi connectivity index (χ4v) is 1.48. The Balaban J connectivity index is 5.58. The number of rotatable bonds is 2. The summed E-state index contributed by atoms with van der Waals surface area (Å²) in [6, 6.07) is 0. The van der Waals surface area contributed by atoms with E-state index in [2.05, 4.69) is 88.3 Å². The predicted octanol–water partition coefficient (Wildman–Crippen LogP) is 6.63. The lowest BCUT2D eigenvalue weighted by Crippen LogP contribution is -2.18. The van der Waals surface area contributed by atoms with Gasteiger partial charge in [-0.25, -0.2) is 0 Å². The van der Waals surface area contributed by atoms with Gasteiger partial charge in [-0.05, 0) is 34.7 Å². The molecular formula is C19H36. The van der Waals surface area contributed by atoms with E-state index in [1.54, 1.807) is 0 Å². The summed E-state index contributed by atoms with van der Waals surface area (Å²) in [5.41, 5.74) is 3.68. The van der Waals surface area contributed by atoms with Gasteiger partial charge in [-0.3, -0.25) is 0 Å². The van der Waals surface area contributed by atoms with Crippen molar-refractivity contribution in [3.05, 3.63) is 23.3 Å². The molecule has 112 valence electrons. The van der Waals surface area contributed by atoms with Crippen LogP contribution in [0.3, 0.4) is 0 Å². The van der Waals surface area contributed by atoms with Crippen molar-refractivity contribution < 1.29 is 0 Å². The van der Waals surface area contributed by atoms with Crippen molar-refractivity contribution in [2.75, 3.05) is 0 Å². The van der Waals surface area contributed by atoms with Gasteiger partial charge in [0.15, 0.2) is 0 Å². The zero-order valence-electron chi connectivity index (χ0n) is 15.2. The molecule has 0 bridgehead atoms. The van der Waals surface area contributed by atoms with Crippen LogP contribution < -0.4 is 0 Å². The molecule has 0 rings (SSSR count). The molecule has 0 aliphatic rings. The highest BCUT2D eigenvalue weighted by atomic mass is 14.3. The Kier molecular flexibility index (Phi) is 5.69. The first-order valence-corrected chi connectivity index (χ1v) is 7.57. The average molecular weight is 264 g/mol. The second-order valence-electron chi connectivity index (χ2n) is 9.10. The van der Waals surface area contributed by atoms with Gasteiger partial charge in [-0.1, -0.05) is 87.0 Å². The maximum Gasteiger partial charge on any atom is -0.0135 e. The second kappa shape index (κ2) is 5.85. The van der Waals surface area contributed by atoms with Gasteiger partial charge in [0.2, 0.25) is 0 Å². The summed E-state index contributed by atoms with van der Waals surface area (Å²) in [7, 11) is 0. The van der Waals surface area contributed by atoms with E-state index in [0.717, 1.165) is 0 Å². The highest BCUT2D eigenvalue weighted by Gasteiger charge is 2.23. The maximum atomic E-state index is 2.47. The molecule has 0 spiro atoms. The third kappa shape index (κ3) is 6.45. The van der Waals surface area contributed by atoms with Gasteiger partial charge in [0.25, 0.3) is 0 Å². The van der Waals surface area contributed by atoms with E-state index in [1.807, 2.05) is 0 Å². The van der Waals surface area contributed by atoms with E-state index in [9.17, 15) is 0 Å². The Hall–Kier alpha value is -0.520. The summed E-state index contributed by atoms with van der Waals surface area (Å²) in [6.45, 7) is 25.3. The lowest BCUT2D eigenvalue weighted by Gasteiger charge is -2.30. The third-order valence-corrected chi connectivity index (χ3v) is 4.22. The summed E-state index contributed by atoms with van der Waals surface area (Å²) in [4.78, 5) is 0. The van der Waals surface area contributed by atoms with Crippen LogP contribution in [0.2, 0.25) is 0 Å². The predicted molar refractivity (Wildman–Crippen MR) is 89.4 cm³/mol. The SMILES string of the molecule is CC(=CC(=CC(C)C(C)(C)C)C(C)(C)C)C(C)(C)C. The molecule has 0 aliphatic carbocycles. The third-order valence-electron chi connectivity index (χ3n) is 4.22. The van der Waals surface area contributed by atoms with E-state index in [1.165, 1.54) is 11.1 Å². The van der Waals surface area contributed by atoms with Gasteiger partial charge in [-0.2, -0.15) is 0 Å². The summed E-state index contributed by atoms with van der Waals surface area (Å²) in [5.74, 6) is 0.575. The molecule has 0 radical (unpaired) electrons. The van der Waals surface area contributed by atoms with Gasteiger partial charge in [-0.15, -0.1) is 0 Å². The van der Waals surface area contributed by atoms with Gasteiger partial charge in [0.05, 0.1) is 0 Å². The molecule has 1 atom stereocenters. The Morgan fingerprint density at radius 1 is 0.789 bits per heavy atom. The maximum absolute atomic E-state index is 2.47. The van der Waals surface area contributed by atoms with Crippen LogP contribution in [0.25, 0.3) is 0 Å². The number of hydrogen-bond acceptors (Lipinski definition) is 0. The second-order valence-corrected chi connectivity index (χ2v) is 9.10. The van der Waals surface area contributed by atoms with Crippen molar-refractivity contribution in [2.45, 2.75) is 76.2 Å². The number of allylic oxidation sites excluding steroid dienone is 4. The largest absolute Gasteiger partial charge is 0.0774 e. The van der Waals surface area contributed by atoms with E-state index < -0.39 is 0 Å². The van der Waals surface area contributed by atoms with Crippen molar-refractivity contribution >= 4 is 0 Å². The molecule has 0 saturated carbocycles. The van der Waals surface area contributed by atoms with E-state index in [0.29, 0.717) is 11.3 Å². The minimum Gasteiger partial charge on any atom is -0.0774 e.